The topological polar surface area (TPSA) is 49.7 Å². The summed E-state index contributed by atoms with van der Waals surface area (Å²) >= 11 is 0. The van der Waals surface area contributed by atoms with Crippen molar-refractivity contribution in [3.8, 4) is 0 Å². The molecule has 0 aromatic heterocycles. The van der Waals surface area contributed by atoms with Gasteiger partial charge in [0.25, 0.3) is 10.0 Å². The average molecular weight is 388 g/mol. The quantitative estimate of drug-likeness (QED) is 0.639. The molecule has 1 atom stereocenters. The van der Waals surface area contributed by atoms with Gasteiger partial charge in [0.2, 0.25) is 0 Å². The van der Waals surface area contributed by atoms with E-state index in [1.807, 2.05) is 67.6 Å². The average Bonchev–Trinajstić information content (AvgIpc) is 3.21. The standard InChI is InChI=1S/C23H20N2O2S/c1-18(19-11-5-2-6-12-19)22-17-24-25(23(22)20-13-7-3-8-14-20)28(26,27)21-15-9-4-10-16-21/h2-17,23H,1H3/b22-18+/t23-/m0/s1. The molecule has 0 saturated heterocycles. The second-order valence-electron chi connectivity index (χ2n) is 6.59. The summed E-state index contributed by atoms with van der Waals surface area (Å²) in [7, 11) is -3.78. The molecular formula is C23H20N2O2S. The number of nitrogens with zero attached hydrogens (tertiary/aromatic N) is 2. The van der Waals surface area contributed by atoms with Crippen LogP contribution in [0.2, 0.25) is 0 Å². The maximum atomic E-state index is 13.3. The third-order valence-electron chi connectivity index (χ3n) is 4.87. The Hall–Kier alpha value is -3.18. The summed E-state index contributed by atoms with van der Waals surface area (Å²) in [5, 5.41) is 4.33. The number of hydrogen-bond donors (Lipinski definition) is 0. The molecule has 3 aromatic rings. The first-order valence-corrected chi connectivity index (χ1v) is 10.5. The Morgan fingerprint density at radius 3 is 1.96 bits per heavy atom. The van der Waals surface area contributed by atoms with Gasteiger partial charge >= 0.3 is 0 Å². The molecule has 0 radical (unpaired) electrons. The fourth-order valence-electron chi connectivity index (χ4n) is 3.38. The van der Waals surface area contributed by atoms with Gasteiger partial charge < -0.3 is 0 Å². The van der Waals surface area contributed by atoms with Crippen LogP contribution >= 0.6 is 0 Å². The predicted octanol–water partition coefficient (Wildman–Crippen LogP) is 4.89. The molecule has 140 valence electrons. The SMILES string of the molecule is C/C(=C1/C=NN(S(=O)(=O)c2ccccc2)[C@H]1c1ccccc1)c1ccccc1. The first-order valence-electron chi connectivity index (χ1n) is 9.03. The lowest BCUT2D eigenvalue weighted by molar-refractivity contribution is 0.397. The smallest absolute Gasteiger partial charge is 0.200 e. The van der Waals surface area contributed by atoms with E-state index in [0.29, 0.717) is 0 Å². The van der Waals surface area contributed by atoms with E-state index in [0.717, 1.165) is 22.3 Å². The van der Waals surface area contributed by atoms with Gasteiger partial charge in [0.05, 0.1) is 11.1 Å². The molecule has 0 aliphatic carbocycles. The van der Waals surface area contributed by atoms with E-state index < -0.39 is 16.1 Å². The Morgan fingerprint density at radius 2 is 1.36 bits per heavy atom. The van der Waals surface area contributed by atoms with Crippen LogP contribution in [0.4, 0.5) is 0 Å². The van der Waals surface area contributed by atoms with Gasteiger partial charge in [-0.05, 0) is 35.8 Å². The molecule has 28 heavy (non-hydrogen) atoms. The molecule has 0 unspecified atom stereocenters. The van der Waals surface area contributed by atoms with E-state index >= 15 is 0 Å². The van der Waals surface area contributed by atoms with Crippen LogP contribution in [-0.4, -0.2) is 19.0 Å². The molecule has 4 rings (SSSR count). The molecule has 0 saturated carbocycles. The van der Waals surface area contributed by atoms with Crippen molar-refractivity contribution in [1.29, 1.82) is 0 Å². The van der Waals surface area contributed by atoms with Crippen LogP contribution in [0, 0.1) is 0 Å². The second-order valence-corrected chi connectivity index (χ2v) is 8.39. The maximum Gasteiger partial charge on any atom is 0.279 e. The first kappa shape index (κ1) is 18.2. The summed E-state index contributed by atoms with van der Waals surface area (Å²) in [6.45, 7) is 2.01. The van der Waals surface area contributed by atoms with Gasteiger partial charge in [0.15, 0.2) is 0 Å². The third kappa shape index (κ3) is 3.25. The predicted molar refractivity (Wildman–Crippen MR) is 112 cm³/mol. The number of hydrazone groups is 1. The largest absolute Gasteiger partial charge is 0.279 e. The highest BCUT2D eigenvalue weighted by molar-refractivity contribution is 7.89. The number of sulfonamides is 1. The van der Waals surface area contributed by atoms with Crippen LogP contribution in [0.1, 0.15) is 24.1 Å². The summed E-state index contributed by atoms with van der Waals surface area (Å²) in [6, 6.07) is 27.5. The summed E-state index contributed by atoms with van der Waals surface area (Å²) in [4.78, 5) is 0.228. The van der Waals surface area contributed by atoms with E-state index in [-0.39, 0.29) is 4.90 Å². The molecule has 1 heterocycles. The molecule has 0 fully saturated rings. The van der Waals surface area contributed by atoms with E-state index in [4.69, 9.17) is 0 Å². The monoisotopic (exact) mass is 388 g/mol. The van der Waals surface area contributed by atoms with Crippen LogP contribution in [-0.2, 0) is 10.0 Å². The molecule has 1 aliphatic heterocycles. The molecule has 0 amide bonds. The van der Waals surface area contributed by atoms with Crippen LogP contribution in [0.3, 0.4) is 0 Å². The highest BCUT2D eigenvalue weighted by atomic mass is 32.2. The molecule has 0 spiro atoms. The van der Waals surface area contributed by atoms with Gasteiger partial charge in [-0.2, -0.15) is 17.9 Å². The molecule has 4 nitrogen and oxygen atoms in total. The van der Waals surface area contributed by atoms with Gasteiger partial charge in [-0.3, -0.25) is 0 Å². The molecule has 0 N–H and O–H groups in total. The number of benzene rings is 3. The number of rotatable bonds is 4. The lowest BCUT2D eigenvalue weighted by Gasteiger charge is -2.25. The first-order chi connectivity index (χ1) is 13.6. The van der Waals surface area contributed by atoms with Crippen molar-refractivity contribution >= 4 is 21.8 Å². The summed E-state index contributed by atoms with van der Waals surface area (Å²) in [6.07, 6.45) is 1.67. The lowest BCUT2D eigenvalue weighted by atomic mass is 9.93. The minimum absolute atomic E-state index is 0.228. The number of allylic oxidation sites excluding steroid dienone is 1. The van der Waals surface area contributed by atoms with Gasteiger partial charge in [0.1, 0.15) is 6.04 Å². The summed E-state index contributed by atoms with van der Waals surface area (Å²) < 4.78 is 27.8. The highest BCUT2D eigenvalue weighted by Crippen LogP contribution is 2.40. The van der Waals surface area contributed by atoms with Crippen molar-refractivity contribution in [1.82, 2.24) is 4.41 Å². The fourth-order valence-corrected chi connectivity index (χ4v) is 4.78. The molecule has 5 heteroatoms. The third-order valence-corrected chi connectivity index (χ3v) is 6.53. The van der Waals surface area contributed by atoms with Crippen LogP contribution in [0.25, 0.3) is 5.57 Å². The summed E-state index contributed by atoms with van der Waals surface area (Å²) in [5.74, 6) is 0. The van der Waals surface area contributed by atoms with Gasteiger partial charge in [0, 0.05) is 5.57 Å². The van der Waals surface area contributed by atoms with Crippen molar-refractivity contribution in [2.75, 3.05) is 0 Å². The van der Waals surface area contributed by atoms with Crippen molar-refractivity contribution in [3.05, 3.63) is 108 Å². The van der Waals surface area contributed by atoms with Gasteiger partial charge in [-0.25, -0.2) is 0 Å². The Kier molecular flexibility index (Phi) is 4.84. The minimum Gasteiger partial charge on any atom is -0.200 e. The fraction of sp³-hybridized carbons (Fsp3) is 0.0870. The van der Waals surface area contributed by atoms with E-state index in [2.05, 4.69) is 5.10 Å². The minimum atomic E-state index is -3.78. The lowest BCUT2D eigenvalue weighted by Crippen LogP contribution is -2.28. The van der Waals surface area contributed by atoms with Crippen LogP contribution in [0.5, 0.6) is 0 Å². The number of hydrogen-bond acceptors (Lipinski definition) is 3. The van der Waals surface area contributed by atoms with Crippen LogP contribution in [0.15, 0.2) is 107 Å². The van der Waals surface area contributed by atoms with Crippen molar-refractivity contribution < 1.29 is 8.42 Å². The maximum absolute atomic E-state index is 13.3. The van der Waals surface area contributed by atoms with E-state index in [9.17, 15) is 8.42 Å². The molecule has 1 aliphatic rings. The van der Waals surface area contributed by atoms with Crippen molar-refractivity contribution in [2.24, 2.45) is 5.10 Å². The zero-order chi connectivity index (χ0) is 19.6. The Labute approximate surface area is 165 Å². The van der Waals surface area contributed by atoms with Gasteiger partial charge in [-0.1, -0.05) is 78.9 Å². The second kappa shape index (κ2) is 7.44. The van der Waals surface area contributed by atoms with Crippen LogP contribution < -0.4 is 0 Å². The summed E-state index contributed by atoms with van der Waals surface area (Å²) in [5.41, 5.74) is 3.80. The Bertz CT molecular complexity index is 1120. The van der Waals surface area contributed by atoms with E-state index in [1.165, 1.54) is 4.41 Å². The van der Waals surface area contributed by atoms with E-state index in [1.54, 1.807) is 36.5 Å². The van der Waals surface area contributed by atoms with Crippen molar-refractivity contribution in [3.63, 3.8) is 0 Å². The highest BCUT2D eigenvalue weighted by Gasteiger charge is 2.37. The Morgan fingerprint density at radius 1 is 0.821 bits per heavy atom. The normalized spacial score (nSPS) is 18.3. The molecular weight excluding hydrogens is 368 g/mol. The zero-order valence-corrected chi connectivity index (χ0v) is 16.3. The van der Waals surface area contributed by atoms with Gasteiger partial charge in [-0.15, -0.1) is 0 Å². The Balaban J connectivity index is 1.86. The zero-order valence-electron chi connectivity index (χ0n) is 15.4. The molecule has 3 aromatic carbocycles. The molecule has 0 bridgehead atoms. The van der Waals surface area contributed by atoms with Crippen molar-refractivity contribution in [2.45, 2.75) is 17.9 Å².